The van der Waals surface area contributed by atoms with Crippen molar-refractivity contribution in [3.8, 4) is 0 Å². The van der Waals surface area contributed by atoms with Crippen LogP contribution in [-0.4, -0.2) is 12.6 Å². The van der Waals surface area contributed by atoms with Gasteiger partial charge in [-0.05, 0) is 42.7 Å². The molecule has 1 saturated carbocycles. The molecule has 0 spiro atoms. The quantitative estimate of drug-likeness (QED) is 0.728. The van der Waals surface area contributed by atoms with Gasteiger partial charge in [0.1, 0.15) is 5.82 Å². The summed E-state index contributed by atoms with van der Waals surface area (Å²) in [5.74, 6) is 0.966. The standard InChI is InChI=1S/C17H26FN/c1-3-13(4-2)11-14(12-19-15-9-10-15)16-7-5-6-8-17(16)18/h5-8,13-15,19H,3-4,9-12H2,1-2H3. The van der Waals surface area contributed by atoms with E-state index in [-0.39, 0.29) is 5.82 Å². The lowest BCUT2D eigenvalue weighted by Crippen LogP contribution is -2.25. The molecule has 1 fully saturated rings. The largest absolute Gasteiger partial charge is 0.313 e. The number of halogens is 1. The van der Waals surface area contributed by atoms with Crippen LogP contribution in [0.3, 0.4) is 0 Å². The normalized spacial score (nSPS) is 16.8. The first kappa shape index (κ1) is 14.5. The number of benzene rings is 1. The van der Waals surface area contributed by atoms with Gasteiger partial charge < -0.3 is 5.32 Å². The number of nitrogens with one attached hydrogen (secondary N) is 1. The second-order valence-corrected chi connectivity index (χ2v) is 5.82. The molecule has 1 unspecified atom stereocenters. The van der Waals surface area contributed by atoms with Crippen LogP contribution in [0.15, 0.2) is 24.3 Å². The van der Waals surface area contributed by atoms with E-state index < -0.39 is 0 Å². The third-order valence-electron chi connectivity index (χ3n) is 4.35. The highest BCUT2D eigenvalue weighted by Crippen LogP contribution is 2.29. The van der Waals surface area contributed by atoms with Crippen LogP contribution in [0, 0.1) is 11.7 Å². The number of rotatable bonds is 8. The Labute approximate surface area is 116 Å². The maximum absolute atomic E-state index is 14.0. The lowest BCUT2D eigenvalue weighted by atomic mass is 9.86. The fourth-order valence-corrected chi connectivity index (χ4v) is 2.75. The molecule has 1 N–H and O–H groups in total. The minimum absolute atomic E-state index is 0.0453. The molecule has 2 rings (SSSR count). The maximum atomic E-state index is 14.0. The van der Waals surface area contributed by atoms with E-state index in [2.05, 4.69) is 19.2 Å². The van der Waals surface area contributed by atoms with Crippen LogP contribution in [0.4, 0.5) is 4.39 Å². The second-order valence-electron chi connectivity index (χ2n) is 5.82. The molecule has 1 aliphatic rings. The minimum atomic E-state index is -0.0453. The molecule has 2 heteroatoms. The van der Waals surface area contributed by atoms with Crippen molar-refractivity contribution in [2.75, 3.05) is 6.54 Å². The molecule has 0 heterocycles. The summed E-state index contributed by atoms with van der Waals surface area (Å²) in [6, 6.07) is 7.97. The lowest BCUT2D eigenvalue weighted by Gasteiger charge is -2.23. The summed E-state index contributed by atoms with van der Waals surface area (Å²) in [6.07, 6.45) is 6.04. The number of hydrogen-bond acceptors (Lipinski definition) is 1. The van der Waals surface area contributed by atoms with E-state index in [1.807, 2.05) is 12.1 Å². The molecular formula is C17H26FN. The average molecular weight is 263 g/mol. The minimum Gasteiger partial charge on any atom is -0.313 e. The molecule has 19 heavy (non-hydrogen) atoms. The number of hydrogen-bond donors (Lipinski definition) is 1. The molecular weight excluding hydrogens is 237 g/mol. The first-order chi connectivity index (χ1) is 9.24. The molecule has 1 nitrogen and oxygen atoms in total. The van der Waals surface area contributed by atoms with E-state index in [1.54, 1.807) is 12.1 Å². The SMILES string of the molecule is CCC(CC)CC(CNC1CC1)c1ccccc1F. The van der Waals surface area contributed by atoms with Gasteiger partial charge in [-0.15, -0.1) is 0 Å². The molecule has 1 aliphatic carbocycles. The van der Waals surface area contributed by atoms with E-state index in [0.717, 1.165) is 18.5 Å². The highest BCUT2D eigenvalue weighted by molar-refractivity contribution is 5.22. The van der Waals surface area contributed by atoms with Gasteiger partial charge in [-0.25, -0.2) is 4.39 Å². The molecule has 106 valence electrons. The lowest BCUT2D eigenvalue weighted by molar-refractivity contribution is 0.390. The van der Waals surface area contributed by atoms with Gasteiger partial charge in [0, 0.05) is 12.6 Å². The summed E-state index contributed by atoms with van der Waals surface area (Å²) in [7, 11) is 0. The van der Waals surface area contributed by atoms with Crippen LogP contribution in [0.2, 0.25) is 0 Å². The Kier molecular flexibility index (Phi) is 5.38. The van der Waals surface area contributed by atoms with Crippen molar-refractivity contribution >= 4 is 0 Å². The predicted octanol–water partition coefficient (Wildman–Crippen LogP) is 4.49. The zero-order valence-electron chi connectivity index (χ0n) is 12.2. The molecule has 0 saturated heterocycles. The fourth-order valence-electron chi connectivity index (χ4n) is 2.75. The van der Waals surface area contributed by atoms with Gasteiger partial charge in [-0.2, -0.15) is 0 Å². The Morgan fingerprint density at radius 1 is 1.21 bits per heavy atom. The molecule has 1 aromatic carbocycles. The molecule has 0 bridgehead atoms. The summed E-state index contributed by atoms with van der Waals surface area (Å²) in [4.78, 5) is 0. The van der Waals surface area contributed by atoms with Crippen molar-refractivity contribution in [1.82, 2.24) is 5.32 Å². The monoisotopic (exact) mass is 263 g/mol. The van der Waals surface area contributed by atoms with Crippen molar-refractivity contribution in [2.45, 2.75) is 57.9 Å². The Morgan fingerprint density at radius 2 is 1.89 bits per heavy atom. The smallest absolute Gasteiger partial charge is 0.126 e. The summed E-state index contributed by atoms with van der Waals surface area (Å²) in [6.45, 7) is 5.39. The highest BCUT2D eigenvalue weighted by atomic mass is 19.1. The molecule has 0 radical (unpaired) electrons. The summed E-state index contributed by atoms with van der Waals surface area (Å²) in [5.41, 5.74) is 0.891. The predicted molar refractivity (Wildman–Crippen MR) is 78.9 cm³/mol. The van der Waals surface area contributed by atoms with Crippen LogP contribution in [0.5, 0.6) is 0 Å². The van der Waals surface area contributed by atoms with Crippen LogP contribution >= 0.6 is 0 Å². The van der Waals surface area contributed by atoms with Crippen LogP contribution in [-0.2, 0) is 0 Å². The van der Waals surface area contributed by atoms with Gasteiger partial charge in [0.15, 0.2) is 0 Å². The van der Waals surface area contributed by atoms with Crippen molar-refractivity contribution in [1.29, 1.82) is 0 Å². The second kappa shape index (κ2) is 7.04. The van der Waals surface area contributed by atoms with Gasteiger partial charge in [0.25, 0.3) is 0 Å². The Hall–Kier alpha value is -0.890. The third-order valence-corrected chi connectivity index (χ3v) is 4.35. The Bertz CT molecular complexity index is 383. The van der Waals surface area contributed by atoms with Crippen LogP contribution in [0.1, 0.15) is 57.4 Å². The van der Waals surface area contributed by atoms with Crippen molar-refractivity contribution in [3.05, 3.63) is 35.6 Å². The summed E-state index contributed by atoms with van der Waals surface area (Å²) in [5, 5.41) is 3.57. The third kappa shape index (κ3) is 4.31. The van der Waals surface area contributed by atoms with Gasteiger partial charge in [0.2, 0.25) is 0 Å². The molecule has 1 atom stereocenters. The Balaban J connectivity index is 2.05. The first-order valence-corrected chi connectivity index (χ1v) is 7.72. The zero-order chi connectivity index (χ0) is 13.7. The maximum Gasteiger partial charge on any atom is 0.126 e. The first-order valence-electron chi connectivity index (χ1n) is 7.72. The summed E-state index contributed by atoms with van der Waals surface area (Å²) < 4.78 is 14.0. The van der Waals surface area contributed by atoms with Crippen LogP contribution in [0.25, 0.3) is 0 Å². The van der Waals surface area contributed by atoms with Crippen molar-refractivity contribution in [2.24, 2.45) is 5.92 Å². The van der Waals surface area contributed by atoms with Gasteiger partial charge >= 0.3 is 0 Å². The van der Waals surface area contributed by atoms with Crippen LogP contribution < -0.4 is 5.32 Å². The van der Waals surface area contributed by atoms with Gasteiger partial charge in [-0.3, -0.25) is 0 Å². The molecule has 1 aromatic rings. The topological polar surface area (TPSA) is 12.0 Å². The van der Waals surface area contributed by atoms with E-state index in [1.165, 1.54) is 25.7 Å². The molecule has 0 aromatic heterocycles. The van der Waals surface area contributed by atoms with E-state index >= 15 is 0 Å². The highest BCUT2D eigenvalue weighted by Gasteiger charge is 2.24. The Morgan fingerprint density at radius 3 is 2.47 bits per heavy atom. The van der Waals surface area contributed by atoms with Crippen molar-refractivity contribution < 1.29 is 4.39 Å². The summed E-state index contributed by atoms with van der Waals surface area (Å²) >= 11 is 0. The zero-order valence-corrected chi connectivity index (χ0v) is 12.2. The average Bonchev–Trinajstić information content (AvgIpc) is 3.24. The molecule has 0 amide bonds. The molecule has 0 aliphatic heterocycles. The fraction of sp³-hybridized carbons (Fsp3) is 0.647. The van der Waals surface area contributed by atoms with Gasteiger partial charge in [-0.1, -0.05) is 44.9 Å². The van der Waals surface area contributed by atoms with E-state index in [9.17, 15) is 4.39 Å². The van der Waals surface area contributed by atoms with E-state index in [4.69, 9.17) is 0 Å². The van der Waals surface area contributed by atoms with Crippen molar-refractivity contribution in [3.63, 3.8) is 0 Å². The van der Waals surface area contributed by atoms with E-state index in [0.29, 0.717) is 17.9 Å². The van der Waals surface area contributed by atoms with Gasteiger partial charge in [0.05, 0.1) is 0 Å².